The van der Waals surface area contributed by atoms with Crippen molar-refractivity contribution in [3.8, 4) is 0 Å². The first kappa shape index (κ1) is 14.5. The first-order chi connectivity index (χ1) is 9.38. The molecule has 0 spiro atoms. The normalized spacial score (nSPS) is 11.7. The molecule has 1 aromatic heterocycles. The monoisotopic (exact) mass is 294 g/mol. The van der Waals surface area contributed by atoms with Gasteiger partial charge in [-0.25, -0.2) is 13.1 Å². The van der Waals surface area contributed by atoms with E-state index in [1.807, 2.05) is 20.0 Å². The number of aromatic nitrogens is 2. The molecule has 7 heteroatoms. The molecule has 0 fully saturated rings. The predicted octanol–water partition coefficient (Wildman–Crippen LogP) is 1.06. The minimum atomic E-state index is -3.59. The van der Waals surface area contributed by atoms with Crippen LogP contribution in [-0.4, -0.2) is 24.7 Å². The third kappa shape index (κ3) is 3.37. The highest BCUT2D eigenvalue weighted by atomic mass is 32.2. The molecule has 0 bridgehead atoms. The van der Waals surface area contributed by atoms with Crippen LogP contribution in [0.25, 0.3) is 0 Å². The van der Waals surface area contributed by atoms with Crippen molar-refractivity contribution in [2.45, 2.75) is 25.3 Å². The number of nitrogens with two attached hydrogens (primary N) is 1. The second kappa shape index (κ2) is 5.64. The van der Waals surface area contributed by atoms with Gasteiger partial charge < -0.3 is 5.73 Å². The Bertz CT molecular complexity index is 707. The number of nitrogen functional groups attached to an aromatic ring is 1. The van der Waals surface area contributed by atoms with Crippen LogP contribution in [0.5, 0.6) is 0 Å². The Labute approximate surface area is 118 Å². The van der Waals surface area contributed by atoms with Crippen LogP contribution in [0.2, 0.25) is 0 Å². The van der Waals surface area contributed by atoms with Gasteiger partial charge in [-0.2, -0.15) is 5.10 Å². The van der Waals surface area contributed by atoms with E-state index in [1.54, 1.807) is 23.0 Å². The fraction of sp³-hybridized carbons (Fsp3) is 0.308. The summed E-state index contributed by atoms with van der Waals surface area (Å²) in [6, 6.07) is 4.89. The first-order valence-electron chi connectivity index (χ1n) is 6.23. The molecule has 0 amide bonds. The summed E-state index contributed by atoms with van der Waals surface area (Å²) >= 11 is 0. The van der Waals surface area contributed by atoms with Crippen LogP contribution in [0.15, 0.2) is 35.5 Å². The topological polar surface area (TPSA) is 90.0 Å². The zero-order chi connectivity index (χ0) is 14.8. The van der Waals surface area contributed by atoms with Gasteiger partial charge in [0.1, 0.15) is 4.90 Å². The minimum absolute atomic E-state index is 0.111. The molecule has 0 saturated carbocycles. The molecule has 0 aliphatic heterocycles. The van der Waals surface area contributed by atoms with Crippen molar-refractivity contribution < 1.29 is 8.42 Å². The number of nitrogens with zero attached hydrogens (tertiary/aromatic N) is 2. The number of benzene rings is 1. The van der Waals surface area contributed by atoms with E-state index in [-0.39, 0.29) is 17.1 Å². The Kier molecular flexibility index (Phi) is 4.10. The van der Waals surface area contributed by atoms with Crippen molar-refractivity contribution in [2.75, 3.05) is 12.3 Å². The smallest absolute Gasteiger partial charge is 0.242 e. The second-order valence-corrected chi connectivity index (χ2v) is 6.46. The molecular weight excluding hydrogens is 276 g/mol. The van der Waals surface area contributed by atoms with Crippen LogP contribution >= 0.6 is 0 Å². The molecule has 6 nitrogen and oxygen atoms in total. The van der Waals surface area contributed by atoms with Gasteiger partial charge >= 0.3 is 0 Å². The summed E-state index contributed by atoms with van der Waals surface area (Å²) in [5.74, 6) is 0. The molecule has 108 valence electrons. The lowest BCUT2D eigenvalue weighted by Crippen LogP contribution is -2.28. The number of sulfonamides is 1. The molecule has 0 aliphatic rings. The molecule has 2 aromatic rings. The molecule has 0 radical (unpaired) electrons. The Morgan fingerprint density at radius 1 is 1.30 bits per heavy atom. The first-order valence-corrected chi connectivity index (χ1v) is 7.71. The summed E-state index contributed by atoms with van der Waals surface area (Å²) in [5, 5.41) is 4.09. The third-order valence-electron chi connectivity index (χ3n) is 2.85. The van der Waals surface area contributed by atoms with Crippen molar-refractivity contribution >= 4 is 15.7 Å². The highest BCUT2D eigenvalue weighted by Crippen LogP contribution is 2.18. The van der Waals surface area contributed by atoms with E-state index in [9.17, 15) is 8.42 Å². The van der Waals surface area contributed by atoms with Gasteiger partial charge in [-0.05, 0) is 37.1 Å². The Balaban J connectivity index is 2.04. The van der Waals surface area contributed by atoms with Crippen molar-refractivity contribution in [3.63, 3.8) is 0 Å². The molecule has 0 atom stereocenters. The van der Waals surface area contributed by atoms with Gasteiger partial charge in [0.25, 0.3) is 0 Å². The van der Waals surface area contributed by atoms with Crippen LogP contribution in [0.1, 0.15) is 11.1 Å². The van der Waals surface area contributed by atoms with Crippen molar-refractivity contribution in [2.24, 2.45) is 0 Å². The number of anilines is 1. The SMILES string of the molecule is Cc1ccc(S(=O)(=O)NCCn2cc(C)cn2)c(N)c1. The fourth-order valence-corrected chi connectivity index (χ4v) is 3.01. The molecule has 0 saturated heterocycles. The van der Waals surface area contributed by atoms with E-state index in [4.69, 9.17) is 5.73 Å². The highest BCUT2D eigenvalue weighted by molar-refractivity contribution is 7.89. The van der Waals surface area contributed by atoms with Gasteiger partial charge in [0.2, 0.25) is 10.0 Å². The lowest BCUT2D eigenvalue weighted by molar-refractivity contribution is 0.561. The number of hydrogen-bond donors (Lipinski definition) is 2. The van der Waals surface area contributed by atoms with E-state index in [1.165, 1.54) is 6.07 Å². The van der Waals surface area contributed by atoms with Gasteiger partial charge in [0.05, 0.1) is 18.4 Å². The maximum atomic E-state index is 12.1. The maximum Gasteiger partial charge on any atom is 0.242 e. The average Bonchev–Trinajstić information content (AvgIpc) is 2.74. The van der Waals surface area contributed by atoms with Gasteiger partial charge in [-0.15, -0.1) is 0 Å². The lowest BCUT2D eigenvalue weighted by Gasteiger charge is -2.09. The van der Waals surface area contributed by atoms with Crippen LogP contribution in [0.3, 0.4) is 0 Å². The summed E-state index contributed by atoms with van der Waals surface area (Å²) in [4.78, 5) is 0.111. The summed E-state index contributed by atoms with van der Waals surface area (Å²) in [6.07, 6.45) is 3.58. The molecule has 2 rings (SSSR count). The van der Waals surface area contributed by atoms with E-state index in [0.29, 0.717) is 6.54 Å². The van der Waals surface area contributed by atoms with E-state index in [0.717, 1.165) is 11.1 Å². The number of nitrogens with one attached hydrogen (secondary N) is 1. The molecular formula is C13H18N4O2S. The highest BCUT2D eigenvalue weighted by Gasteiger charge is 2.16. The summed E-state index contributed by atoms with van der Waals surface area (Å²) < 4.78 is 28.5. The number of rotatable bonds is 5. The number of hydrogen-bond acceptors (Lipinski definition) is 4. The van der Waals surface area contributed by atoms with Gasteiger partial charge in [-0.1, -0.05) is 6.07 Å². The van der Waals surface area contributed by atoms with Gasteiger partial charge in [-0.3, -0.25) is 4.68 Å². The van der Waals surface area contributed by atoms with E-state index in [2.05, 4.69) is 9.82 Å². The zero-order valence-electron chi connectivity index (χ0n) is 11.5. The third-order valence-corrected chi connectivity index (χ3v) is 4.39. The van der Waals surface area contributed by atoms with E-state index < -0.39 is 10.0 Å². The van der Waals surface area contributed by atoms with Crippen LogP contribution in [0.4, 0.5) is 5.69 Å². The zero-order valence-corrected chi connectivity index (χ0v) is 12.3. The molecule has 1 aromatic carbocycles. The van der Waals surface area contributed by atoms with Gasteiger partial charge in [0.15, 0.2) is 0 Å². The molecule has 1 heterocycles. The predicted molar refractivity (Wildman–Crippen MR) is 77.7 cm³/mol. The van der Waals surface area contributed by atoms with Gasteiger partial charge in [0, 0.05) is 12.7 Å². The van der Waals surface area contributed by atoms with Crippen LogP contribution < -0.4 is 10.5 Å². The van der Waals surface area contributed by atoms with E-state index >= 15 is 0 Å². The van der Waals surface area contributed by atoms with Crippen molar-refractivity contribution in [1.29, 1.82) is 0 Å². The standard InChI is InChI=1S/C13H18N4O2S/c1-10-3-4-13(12(14)7-10)20(18,19)16-5-6-17-9-11(2)8-15-17/h3-4,7-9,16H,5-6,14H2,1-2H3. The maximum absolute atomic E-state index is 12.1. The second-order valence-electron chi connectivity index (χ2n) is 4.72. The lowest BCUT2D eigenvalue weighted by atomic mass is 10.2. The van der Waals surface area contributed by atoms with Crippen molar-refractivity contribution in [3.05, 3.63) is 41.7 Å². The Morgan fingerprint density at radius 2 is 2.05 bits per heavy atom. The quantitative estimate of drug-likeness (QED) is 0.807. The molecule has 20 heavy (non-hydrogen) atoms. The Hall–Kier alpha value is -1.86. The Morgan fingerprint density at radius 3 is 2.65 bits per heavy atom. The summed E-state index contributed by atoms with van der Waals surface area (Å²) in [5.41, 5.74) is 7.98. The molecule has 0 unspecified atom stereocenters. The van der Waals surface area contributed by atoms with Crippen molar-refractivity contribution in [1.82, 2.24) is 14.5 Å². The fourth-order valence-electron chi connectivity index (χ4n) is 1.87. The number of aryl methyl sites for hydroxylation is 2. The summed E-state index contributed by atoms with van der Waals surface area (Å²) in [7, 11) is -3.59. The largest absolute Gasteiger partial charge is 0.398 e. The van der Waals surface area contributed by atoms with Crippen LogP contribution in [-0.2, 0) is 16.6 Å². The minimum Gasteiger partial charge on any atom is -0.398 e. The molecule has 0 aliphatic carbocycles. The average molecular weight is 294 g/mol. The summed E-state index contributed by atoms with van der Waals surface area (Å²) in [6.45, 7) is 4.52. The van der Waals surface area contributed by atoms with Crippen LogP contribution in [0, 0.1) is 13.8 Å². The molecule has 3 N–H and O–H groups in total.